The summed E-state index contributed by atoms with van der Waals surface area (Å²) in [6, 6.07) is 12.6. The molecule has 0 radical (unpaired) electrons. The highest BCUT2D eigenvalue weighted by Crippen LogP contribution is 2.26. The van der Waals surface area contributed by atoms with Crippen molar-refractivity contribution in [3.05, 3.63) is 53.6 Å². The van der Waals surface area contributed by atoms with Crippen molar-refractivity contribution in [1.82, 2.24) is 4.90 Å². The third-order valence-electron chi connectivity index (χ3n) is 5.79. The number of likely N-dealkylation sites (tertiary alicyclic amines) is 1. The van der Waals surface area contributed by atoms with E-state index in [1.807, 2.05) is 30.3 Å². The molecule has 0 aliphatic carbocycles. The zero-order chi connectivity index (χ0) is 22.9. The van der Waals surface area contributed by atoms with Crippen LogP contribution in [0.3, 0.4) is 0 Å². The Morgan fingerprint density at radius 3 is 2.38 bits per heavy atom. The number of alkyl halides is 1. The zero-order valence-corrected chi connectivity index (χ0v) is 19.6. The van der Waals surface area contributed by atoms with Gasteiger partial charge in [-0.05, 0) is 62.2 Å². The summed E-state index contributed by atoms with van der Waals surface area (Å²) < 4.78 is 16.6. The van der Waals surface area contributed by atoms with Gasteiger partial charge < -0.3 is 19.9 Å². The number of methoxy groups -OCH3 is 2. The predicted octanol–water partition coefficient (Wildman–Crippen LogP) is 4.62. The molecule has 0 amide bonds. The van der Waals surface area contributed by atoms with Crippen molar-refractivity contribution in [2.45, 2.75) is 50.3 Å². The average molecular weight is 461 g/mol. The van der Waals surface area contributed by atoms with Crippen LogP contribution in [0, 0.1) is 0 Å². The minimum atomic E-state index is -0.254. The lowest BCUT2D eigenvalue weighted by molar-refractivity contribution is 0.0967. The van der Waals surface area contributed by atoms with Crippen LogP contribution in [0.1, 0.15) is 48.0 Å². The molecule has 1 fully saturated rings. The van der Waals surface area contributed by atoms with Gasteiger partial charge in [0.25, 0.3) is 0 Å². The van der Waals surface area contributed by atoms with Crippen molar-refractivity contribution in [1.29, 1.82) is 0 Å². The molecule has 0 bridgehead atoms. The molecule has 1 saturated heterocycles. The van der Waals surface area contributed by atoms with Gasteiger partial charge >= 0.3 is 0 Å². The predicted molar refractivity (Wildman–Crippen MR) is 127 cm³/mol. The molecular formula is C25H33ClN2O4. The molecule has 32 heavy (non-hydrogen) atoms. The van der Waals surface area contributed by atoms with Gasteiger partial charge in [-0.1, -0.05) is 18.6 Å². The number of halogens is 1. The fourth-order valence-corrected chi connectivity index (χ4v) is 4.26. The summed E-state index contributed by atoms with van der Waals surface area (Å²) in [5, 5.41) is 0. The van der Waals surface area contributed by atoms with Gasteiger partial charge in [-0.15, -0.1) is 11.6 Å². The van der Waals surface area contributed by atoms with Crippen LogP contribution >= 0.6 is 11.6 Å². The van der Waals surface area contributed by atoms with Gasteiger partial charge in [-0.25, -0.2) is 0 Å². The SMILES string of the molecule is COc1cc(COc2ccccc2C(=O)CCC(N)C(Cl)N2CCCCC2)cc(OC)c1. The van der Waals surface area contributed by atoms with Crippen LogP contribution in [0.4, 0.5) is 0 Å². The average Bonchev–Trinajstić information content (AvgIpc) is 2.85. The number of benzene rings is 2. The Kier molecular flexibility index (Phi) is 9.21. The molecule has 1 aliphatic heterocycles. The maximum Gasteiger partial charge on any atom is 0.166 e. The number of nitrogens with two attached hydrogens (primary N) is 1. The Morgan fingerprint density at radius 1 is 1.06 bits per heavy atom. The molecule has 6 nitrogen and oxygen atoms in total. The summed E-state index contributed by atoms with van der Waals surface area (Å²) in [6.45, 7) is 2.24. The standard InChI is InChI=1S/C25H33ClN2O4/c1-30-19-14-18(15-20(16-19)31-2)17-32-24-9-5-4-8-21(24)23(29)11-10-22(27)25(26)28-12-6-3-7-13-28/h4-5,8-9,14-16,22,25H,3,6-7,10-13,17,27H2,1-2H3. The van der Waals surface area contributed by atoms with Crippen molar-refractivity contribution in [3.8, 4) is 17.2 Å². The zero-order valence-electron chi connectivity index (χ0n) is 18.9. The quantitative estimate of drug-likeness (QED) is 0.299. The molecule has 2 aromatic carbocycles. The van der Waals surface area contributed by atoms with Crippen molar-refractivity contribution in [2.75, 3.05) is 27.3 Å². The van der Waals surface area contributed by atoms with E-state index in [4.69, 9.17) is 31.5 Å². The fourth-order valence-electron chi connectivity index (χ4n) is 3.94. The molecule has 2 unspecified atom stereocenters. The minimum Gasteiger partial charge on any atom is -0.497 e. The van der Waals surface area contributed by atoms with Gasteiger partial charge in [-0.3, -0.25) is 9.69 Å². The van der Waals surface area contributed by atoms with Crippen molar-refractivity contribution in [2.24, 2.45) is 5.73 Å². The number of rotatable bonds is 11. The summed E-state index contributed by atoms with van der Waals surface area (Å²) >= 11 is 6.58. The molecule has 1 aliphatic rings. The maximum atomic E-state index is 12.9. The van der Waals surface area contributed by atoms with E-state index in [0.717, 1.165) is 31.5 Å². The van der Waals surface area contributed by atoms with Crippen molar-refractivity contribution in [3.63, 3.8) is 0 Å². The summed E-state index contributed by atoms with van der Waals surface area (Å²) in [5.74, 6) is 1.92. The van der Waals surface area contributed by atoms with Crippen LogP contribution in [-0.4, -0.2) is 49.5 Å². The second kappa shape index (κ2) is 12.1. The summed E-state index contributed by atoms with van der Waals surface area (Å²) in [5.41, 5.74) is 7.52. The fraction of sp³-hybridized carbons (Fsp3) is 0.480. The molecular weight excluding hydrogens is 428 g/mol. The first-order valence-electron chi connectivity index (χ1n) is 11.1. The van der Waals surface area contributed by atoms with E-state index in [-0.39, 0.29) is 23.9 Å². The summed E-state index contributed by atoms with van der Waals surface area (Å²) in [6.07, 6.45) is 4.40. The first-order valence-corrected chi connectivity index (χ1v) is 11.6. The molecule has 174 valence electrons. The minimum absolute atomic E-state index is 0.00165. The molecule has 2 N–H and O–H groups in total. The largest absolute Gasteiger partial charge is 0.497 e. The number of hydrogen-bond donors (Lipinski definition) is 1. The monoisotopic (exact) mass is 460 g/mol. The van der Waals surface area contributed by atoms with Gasteiger partial charge in [-0.2, -0.15) is 0 Å². The van der Waals surface area contributed by atoms with Crippen molar-refractivity contribution >= 4 is 17.4 Å². The smallest absolute Gasteiger partial charge is 0.166 e. The number of piperidine rings is 1. The van der Waals surface area contributed by atoms with E-state index >= 15 is 0 Å². The third kappa shape index (κ3) is 6.61. The molecule has 3 rings (SSSR count). The number of carbonyl (C=O) groups is 1. The second-order valence-electron chi connectivity index (χ2n) is 8.10. The summed E-state index contributed by atoms with van der Waals surface area (Å²) in [7, 11) is 3.21. The highest BCUT2D eigenvalue weighted by molar-refractivity contribution is 6.20. The van der Waals surface area contributed by atoms with Gasteiger partial charge in [0.2, 0.25) is 0 Å². The van der Waals surface area contributed by atoms with Gasteiger partial charge in [0.05, 0.1) is 19.8 Å². The van der Waals surface area contributed by atoms with Crippen LogP contribution in [-0.2, 0) is 6.61 Å². The number of para-hydroxylation sites is 1. The highest BCUT2D eigenvalue weighted by atomic mass is 35.5. The first-order chi connectivity index (χ1) is 15.5. The van der Waals surface area contributed by atoms with E-state index < -0.39 is 0 Å². The van der Waals surface area contributed by atoms with Gasteiger partial charge in [0.15, 0.2) is 5.78 Å². The second-order valence-corrected chi connectivity index (χ2v) is 8.55. The number of Topliss-reactive ketones (excluding diaryl/α,β-unsaturated/α-hetero) is 1. The molecule has 1 heterocycles. The maximum absolute atomic E-state index is 12.9. The topological polar surface area (TPSA) is 74.0 Å². The first kappa shape index (κ1) is 24.4. The molecule has 7 heteroatoms. The highest BCUT2D eigenvalue weighted by Gasteiger charge is 2.25. The van der Waals surface area contributed by atoms with E-state index in [2.05, 4.69) is 4.90 Å². The van der Waals surface area contributed by atoms with Gasteiger partial charge in [0, 0.05) is 18.5 Å². The lowest BCUT2D eigenvalue weighted by Gasteiger charge is -2.33. The lowest BCUT2D eigenvalue weighted by Crippen LogP contribution is -2.46. The van der Waals surface area contributed by atoms with Crippen molar-refractivity contribution < 1.29 is 19.0 Å². The molecule has 0 aromatic heterocycles. The van der Waals surface area contributed by atoms with Crippen LogP contribution < -0.4 is 19.9 Å². The van der Waals surface area contributed by atoms with E-state index in [1.54, 1.807) is 26.4 Å². The molecule has 0 spiro atoms. The van der Waals surface area contributed by atoms with E-state index in [9.17, 15) is 4.79 Å². The molecule has 2 atom stereocenters. The Morgan fingerprint density at radius 2 is 1.72 bits per heavy atom. The van der Waals surface area contributed by atoms with E-state index in [0.29, 0.717) is 35.7 Å². The normalized spacial score (nSPS) is 16.2. The van der Waals surface area contributed by atoms with Crippen LogP contribution in [0.5, 0.6) is 17.2 Å². The Labute approximate surface area is 195 Å². The molecule has 0 saturated carbocycles. The number of nitrogens with zero attached hydrogens (tertiary/aromatic N) is 1. The van der Waals surface area contributed by atoms with Gasteiger partial charge in [0.1, 0.15) is 29.4 Å². The van der Waals surface area contributed by atoms with Crippen LogP contribution in [0.2, 0.25) is 0 Å². The Bertz CT molecular complexity index is 864. The Balaban J connectivity index is 1.60. The molecule has 2 aromatic rings. The van der Waals surface area contributed by atoms with E-state index in [1.165, 1.54) is 6.42 Å². The number of carbonyl (C=O) groups excluding carboxylic acids is 1. The number of ketones is 1. The van der Waals surface area contributed by atoms with Crippen LogP contribution in [0.25, 0.3) is 0 Å². The lowest BCUT2D eigenvalue weighted by atomic mass is 10.0. The summed E-state index contributed by atoms with van der Waals surface area (Å²) in [4.78, 5) is 15.2. The number of ether oxygens (including phenoxy) is 3. The van der Waals surface area contributed by atoms with Crippen LogP contribution in [0.15, 0.2) is 42.5 Å². The Hall–Kier alpha value is -2.28. The third-order valence-corrected chi connectivity index (χ3v) is 6.39. The number of hydrogen-bond acceptors (Lipinski definition) is 6.